The molecular weight excluding hydrogens is 373 g/mol. The maximum absolute atomic E-state index is 13.9. The number of carbonyl (C=O) groups excluding carboxylic acids is 1. The third kappa shape index (κ3) is 4.04. The predicted molar refractivity (Wildman–Crippen MR) is 85.9 cm³/mol. The second-order valence-electron chi connectivity index (χ2n) is 4.46. The van der Waals surface area contributed by atoms with Crippen molar-refractivity contribution in [2.45, 2.75) is 19.3 Å². The van der Waals surface area contributed by atoms with Gasteiger partial charge >= 0.3 is 5.97 Å². The fraction of sp³-hybridized carbons (Fsp3) is 0.333. The average Bonchev–Trinajstić information content (AvgIpc) is 2.91. The lowest BCUT2D eigenvalue weighted by molar-refractivity contribution is -0.143. The first kappa shape index (κ1) is 16.9. The zero-order chi connectivity index (χ0) is 16.1. The van der Waals surface area contributed by atoms with Gasteiger partial charge in [-0.2, -0.15) is 0 Å². The summed E-state index contributed by atoms with van der Waals surface area (Å²) in [6, 6.07) is 4.66. The zero-order valence-corrected chi connectivity index (χ0v) is 14.5. The monoisotopic (exact) mass is 387 g/mol. The number of ether oxygens (including phenoxy) is 2. The van der Waals surface area contributed by atoms with Gasteiger partial charge in [0.1, 0.15) is 9.61 Å². The first-order valence-electron chi connectivity index (χ1n) is 6.65. The number of hydrogen-bond donors (Lipinski definition) is 0. The van der Waals surface area contributed by atoms with Gasteiger partial charge in [0.05, 0.1) is 20.1 Å². The zero-order valence-electron chi connectivity index (χ0n) is 12.1. The molecule has 0 saturated carbocycles. The van der Waals surface area contributed by atoms with Gasteiger partial charge in [0.2, 0.25) is 0 Å². The fourth-order valence-electron chi connectivity index (χ4n) is 2.06. The predicted octanol–water partition coefficient (Wildman–Crippen LogP) is 4.14. The molecule has 0 aliphatic heterocycles. The van der Waals surface area contributed by atoms with Gasteiger partial charge in [0.15, 0.2) is 11.6 Å². The molecule has 1 aromatic heterocycles. The van der Waals surface area contributed by atoms with Gasteiger partial charge in [0.25, 0.3) is 0 Å². The number of carbonyl (C=O) groups is 1. The van der Waals surface area contributed by atoms with Gasteiger partial charge in [0, 0.05) is 11.3 Å². The van der Waals surface area contributed by atoms with E-state index in [1.807, 2.05) is 5.38 Å². The quantitative estimate of drug-likeness (QED) is 0.698. The van der Waals surface area contributed by atoms with E-state index >= 15 is 0 Å². The third-order valence-corrected chi connectivity index (χ3v) is 4.71. The minimum absolute atomic E-state index is 0.111. The fourth-order valence-corrected chi connectivity index (χ4v) is 3.45. The van der Waals surface area contributed by atoms with Gasteiger partial charge in [-0.05, 0) is 40.5 Å². The Kier molecular flexibility index (Phi) is 5.90. The van der Waals surface area contributed by atoms with Crippen molar-refractivity contribution in [1.82, 2.24) is 4.98 Å². The highest BCUT2D eigenvalue weighted by Crippen LogP contribution is 2.33. The van der Waals surface area contributed by atoms with Crippen molar-refractivity contribution in [3.05, 3.63) is 44.6 Å². The van der Waals surface area contributed by atoms with Gasteiger partial charge in [-0.15, -0.1) is 11.3 Å². The van der Waals surface area contributed by atoms with Crippen LogP contribution in [0.5, 0.6) is 5.75 Å². The van der Waals surface area contributed by atoms with Crippen LogP contribution in [0.3, 0.4) is 0 Å². The molecule has 1 unspecified atom stereocenters. The molecule has 0 spiro atoms. The molecular formula is C15H15BrFNO3S. The highest BCUT2D eigenvalue weighted by Gasteiger charge is 2.23. The van der Waals surface area contributed by atoms with Crippen molar-refractivity contribution < 1.29 is 18.7 Å². The number of benzene rings is 1. The van der Waals surface area contributed by atoms with Crippen LogP contribution in [0.4, 0.5) is 4.39 Å². The number of hydrogen-bond acceptors (Lipinski definition) is 5. The third-order valence-electron chi connectivity index (χ3n) is 3.05. The smallest absolute Gasteiger partial charge is 0.306 e. The summed E-state index contributed by atoms with van der Waals surface area (Å²) in [6.45, 7) is 2.06. The van der Waals surface area contributed by atoms with E-state index in [0.717, 1.165) is 5.01 Å². The summed E-state index contributed by atoms with van der Waals surface area (Å²) in [6.07, 6.45) is 0.111. The topological polar surface area (TPSA) is 48.4 Å². The summed E-state index contributed by atoms with van der Waals surface area (Å²) in [5.74, 6) is -0.991. The SMILES string of the molecule is CCOC(=O)CC(c1ccc(OC)c(F)c1)c1nc(Br)cs1. The number of nitrogens with zero attached hydrogens (tertiary/aromatic N) is 1. The molecule has 22 heavy (non-hydrogen) atoms. The number of thiazole rings is 1. The molecule has 0 amide bonds. The molecule has 0 N–H and O–H groups in total. The Morgan fingerprint density at radius 1 is 1.50 bits per heavy atom. The van der Waals surface area contributed by atoms with Crippen LogP contribution in [0.15, 0.2) is 28.2 Å². The number of esters is 1. The van der Waals surface area contributed by atoms with Crippen LogP contribution in [0.2, 0.25) is 0 Å². The van der Waals surface area contributed by atoms with Crippen LogP contribution < -0.4 is 4.74 Å². The maximum atomic E-state index is 13.9. The summed E-state index contributed by atoms with van der Waals surface area (Å²) >= 11 is 4.71. The van der Waals surface area contributed by atoms with Crippen LogP contribution in [-0.4, -0.2) is 24.7 Å². The molecule has 118 valence electrons. The average molecular weight is 388 g/mol. The molecule has 0 aliphatic rings. The summed E-state index contributed by atoms with van der Waals surface area (Å²) in [4.78, 5) is 16.2. The lowest BCUT2D eigenvalue weighted by Gasteiger charge is -2.15. The van der Waals surface area contributed by atoms with Crippen molar-refractivity contribution in [2.75, 3.05) is 13.7 Å². The summed E-state index contributed by atoms with van der Waals surface area (Å²) in [5.41, 5.74) is 0.660. The summed E-state index contributed by atoms with van der Waals surface area (Å²) < 4.78 is 24.6. The Hall–Kier alpha value is -1.47. The number of halogens is 2. The molecule has 0 saturated heterocycles. The van der Waals surface area contributed by atoms with Crippen LogP contribution >= 0.6 is 27.3 Å². The Morgan fingerprint density at radius 2 is 2.27 bits per heavy atom. The molecule has 1 atom stereocenters. The number of methoxy groups -OCH3 is 1. The summed E-state index contributed by atoms with van der Waals surface area (Å²) in [5, 5.41) is 2.55. The Morgan fingerprint density at radius 3 is 2.82 bits per heavy atom. The van der Waals surface area contributed by atoms with Gasteiger partial charge in [-0.25, -0.2) is 9.37 Å². The molecule has 4 nitrogen and oxygen atoms in total. The highest BCUT2D eigenvalue weighted by atomic mass is 79.9. The normalized spacial score (nSPS) is 12.0. The van der Waals surface area contributed by atoms with E-state index in [2.05, 4.69) is 20.9 Å². The molecule has 2 rings (SSSR count). The number of aromatic nitrogens is 1. The van der Waals surface area contributed by atoms with E-state index in [9.17, 15) is 9.18 Å². The maximum Gasteiger partial charge on any atom is 0.306 e. The lowest BCUT2D eigenvalue weighted by atomic mass is 9.96. The van der Waals surface area contributed by atoms with Gasteiger partial charge in [-0.1, -0.05) is 6.07 Å². The molecule has 2 aromatic rings. The molecule has 1 heterocycles. The molecule has 0 fully saturated rings. The second-order valence-corrected chi connectivity index (χ2v) is 6.17. The minimum atomic E-state index is -0.468. The first-order chi connectivity index (χ1) is 10.5. The van der Waals surface area contributed by atoms with E-state index in [1.54, 1.807) is 19.1 Å². The van der Waals surface area contributed by atoms with E-state index in [4.69, 9.17) is 9.47 Å². The van der Waals surface area contributed by atoms with Gasteiger partial charge in [-0.3, -0.25) is 4.79 Å². The van der Waals surface area contributed by atoms with Crippen LogP contribution in [0, 0.1) is 5.82 Å². The Labute approximate surface area is 140 Å². The second kappa shape index (κ2) is 7.69. The molecule has 1 aromatic carbocycles. The number of rotatable bonds is 6. The standard InChI is InChI=1S/C15H15BrFNO3S/c1-3-21-14(19)7-10(15-18-13(16)8-22-15)9-4-5-12(20-2)11(17)6-9/h4-6,8,10H,3,7H2,1-2H3. The van der Waals surface area contributed by atoms with Crippen molar-refractivity contribution in [3.63, 3.8) is 0 Å². The van der Waals surface area contributed by atoms with E-state index < -0.39 is 5.82 Å². The van der Waals surface area contributed by atoms with Gasteiger partial charge < -0.3 is 9.47 Å². The van der Waals surface area contributed by atoms with Crippen molar-refractivity contribution in [3.8, 4) is 5.75 Å². The summed E-state index contributed by atoms with van der Waals surface area (Å²) in [7, 11) is 1.41. The molecule has 0 radical (unpaired) electrons. The van der Waals surface area contributed by atoms with E-state index in [1.165, 1.54) is 24.5 Å². The van der Waals surface area contributed by atoms with Crippen molar-refractivity contribution in [1.29, 1.82) is 0 Å². The largest absolute Gasteiger partial charge is 0.494 e. The molecule has 0 aliphatic carbocycles. The first-order valence-corrected chi connectivity index (χ1v) is 8.32. The Bertz CT molecular complexity index is 662. The van der Waals surface area contributed by atoms with Crippen LogP contribution in [0.1, 0.15) is 29.8 Å². The van der Waals surface area contributed by atoms with Crippen LogP contribution in [-0.2, 0) is 9.53 Å². The molecule has 7 heteroatoms. The van der Waals surface area contributed by atoms with E-state index in [-0.39, 0.29) is 24.1 Å². The van der Waals surface area contributed by atoms with Crippen LogP contribution in [0.25, 0.3) is 0 Å². The Balaban J connectivity index is 2.35. The van der Waals surface area contributed by atoms with Crippen molar-refractivity contribution >= 4 is 33.2 Å². The van der Waals surface area contributed by atoms with E-state index in [0.29, 0.717) is 16.8 Å². The highest BCUT2D eigenvalue weighted by molar-refractivity contribution is 9.10. The lowest BCUT2D eigenvalue weighted by Crippen LogP contribution is -2.12. The molecule has 0 bridgehead atoms. The minimum Gasteiger partial charge on any atom is -0.494 e. The van der Waals surface area contributed by atoms with Crippen molar-refractivity contribution in [2.24, 2.45) is 0 Å².